The number of oxazole rings is 1. The summed E-state index contributed by atoms with van der Waals surface area (Å²) in [6, 6.07) is 0. The summed E-state index contributed by atoms with van der Waals surface area (Å²) in [6.45, 7) is 7.93. The van der Waals surface area contributed by atoms with Crippen LogP contribution in [0.2, 0.25) is 0 Å². The maximum absolute atomic E-state index is 10.8. The van der Waals surface area contributed by atoms with Gasteiger partial charge in [-0.25, -0.2) is 4.98 Å². The highest BCUT2D eigenvalue weighted by atomic mass is 16.3. The van der Waals surface area contributed by atoms with Gasteiger partial charge in [-0.15, -0.1) is 0 Å². The lowest BCUT2D eigenvalue weighted by Gasteiger charge is -2.14. The molecular formula is C11H17NO2. The maximum atomic E-state index is 10.8. The summed E-state index contributed by atoms with van der Waals surface area (Å²) in [7, 11) is 0. The second-order valence-corrected chi connectivity index (χ2v) is 4.85. The third-order valence-electron chi connectivity index (χ3n) is 1.71. The van der Waals surface area contributed by atoms with Crippen LogP contribution in [-0.2, 0) is 17.6 Å². The largest absolute Gasteiger partial charge is 0.449 e. The average Bonchev–Trinajstić information content (AvgIpc) is 2.30. The van der Waals surface area contributed by atoms with Gasteiger partial charge in [-0.1, -0.05) is 20.8 Å². The maximum Gasteiger partial charge on any atom is 0.194 e. The van der Waals surface area contributed by atoms with Crippen molar-refractivity contribution in [2.75, 3.05) is 0 Å². The number of hydrogen-bond donors (Lipinski definition) is 0. The van der Waals surface area contributed by atoms with Crippen molar-refractivity contribution in [3.63, 3.8) is 0 Å². The van der Waals surface area contributed by atoms with Crippen molar-refractivity contribution in [2.24, 2.45) is 5.41 Å². The predicted octanol–water partition coefficient (Wildman–Crippen LogP) is 2.39. The summed E-state index contributed by atoms with van der Waals surface area (Å²) < 4.78 is 5.28. The number of carbonyl (C=O) groups is 1. The molecule has 0 N–H and O–H groups in total. The first kappa shape index (κ1) is 11.0. The number of nitrogens with zero attached hydrogens (tertiary/aromatic N) is 1. The van der Waals surface area contributed by atoms with Crippen LogP contribution in [0.3, 0.4) is 0 Å². The van der Waals surface area contributed by atoms with Gasteiger partial charge >= 0.3 is 0 Å². The van der Waals surface area contributed by atoms with Crippen LogP contribution in [0.25, 0.3) is 0 Å². The molecule has 1 rings (SSSR count). The van der Waals surface area contributed by atoms with Crippen LogP contribution in [-0.4, -0.2) is 10.8 Å². The monoisotopic (exact) mass is 195 g/mol. The van der Waals surface area contributed by atoms with E-state index in [-0.39, 0.29) is 11.2 Å². The van der Waals surface area contributed by atoms with Crippen LogP contribution in [0.15, 0.2) is 10.7 Å². The summed E-state index contributed by atoms with van der Waals surface area (Å²) in [5.74, 6) is 0.828. The van der Waals surface area contributed by atoms with Crippen LogP contribution in [0.5, 0.6) is 0 Å². The molecule has 1 aromatic rings. The molecular weight excluding hydrogens is 178 g/mol. The molecule has 1 aromatic heterocycles. The zero-order valence-electron chi connectivity index (χ0n) is 9.26. The van der Waals surface area contributed by atoms with Crippen LogP contribution in [0, 0.1) is 5.41 Å². The minimum absolute atomic E-state index is 0.112. The molecule has 1 heterocycles. The van der Waals surface area contributed by atoms with Gasteiger partial charge in [-0.05, 0) is 12.3 Å². The van der Waals surface area contributed by atoms with E-state index in [4.69, 9.17) is 4.42 Å². The Morgan fingerprint density at radius 2 is 2.14 bits per heavy atom. The lowest BCUT2D eigenvalue weighted by Crippen LogP contribution is -2.09. The molecule has 14 heavy (non-hydrogen) atoms. The number of aromatic nitrogens is 1. The normalized spacial score (nSPS) is 11.7. The van der Waals surface area contributed by atoms with Gasteiger partial charge in [0.15, 0.2) is 5.89 Å². The molecule has 0 aromatic carbocycles. The molecule has 0 bridgehead atoms. The zero-order chi connectivity index (χ0) is 10.8. The molecule has 0 aliphatic carbocycles. The Kier molecular flexibility index (Phi) is 3.09. The molecule has 0 unspecified atom stereocenters. The number of hydrogen-bond acceptors (Lipinski definition) is 3. The Hall–Kier alpha value is -1.12. The Bertz CT molecular complexity index is 320. The highest BCUT2D eigenvalue weighted by molar-refractivity contribution is 5.77. The van der Waals surface area contributed by atoms with Gasteiger partial charge in [-0.2, -0.15) is 0 Å². The first-order chi connectivity index (χ1) is 6.37. The lowest BCUT2D eigenvalue weighted by atomic mass is 9.92. The molecule has 3 nitrogen and oxygen atoms in total. The standard InChI is InChI=1S/C11H17NO2/c1-8(13)5-9-7-14-10(12-9)6-11(2,3)4/h7H,5-6H2,1-4H3. The van der Waals surface area contributed by atoms with E-state index in [1.54, 1.807) is 13.2 Å². The Balaban J connectivity index is 2.64. The van der Waals surface area contributed by atoms with Crippen molar-refractivity contribution in [2.45, 2.75) is 40.5 Å². The number of carbonyl (C=O) groups excluding carboxylic acids is 1. The van der Waals surface area contributed by atoms with E-state index < -0.39 is 0 Å². The van der Waals surface area contributed by atoms with Crippen LogP contribution >= 0.6 is 0 Å². The lowest BCUT2D eigenvalue weighted by molar-refractivity contribution is -0.116. The summed E-state index contributed by atoms with van der Waals surface area (Å²) in [5.41, 5.74) is 0.898. The number of Topliss-reactive ketones (excluding diaryl/α,β-unsaturated/α-hetero) is 1. The Morgan fingerprint density at radius 3 is 2.64 bits per heavy atom. The van der Waals surface area contributed by atoms with Crippen molar-refractivity contribution in [3.05, 3.63) is 17.8 Å². The van der Waals surface area contributed by atoms with Gasteiger partial charge in [0.05, 0.1) is 12.1 Å². The van der Waals surface area contributed by atoms with E-state index >= 15 is 0 Å². The van der Waals surface area contributed by atoms with Gasteiger partial charge in [0.25, 0.3) is 0 Å². The molecule has 3 heteroatoms. The van der Waals surface area contributed by atoms with Crippen molar-refractivity contribution in [1.29, 1.82) is 0 Å². The molecule has 0 amide bonds. The van der Waals surface area contributed by atoms with E-state index in [9.17, 15) is 4.79 Å². The molecule has 0 fully saturated rings. The third kappa shape index (κ3) is 3.73. The van der Waals surface area contributed by atoms with Crippen LogP contribution < -0.4 is 0 Å². The summed E-state index contributed by atoms with van der Waals surface area (Å²) in [5, 5.41) is 0. The minimum Gasteiger partial charge on any atom is -0.449 e. The summed E-state index contributed by atoms with van der Waals surface area (Å²) >= 11 is 0. The smallest absolute Gasteiger partial charge is 0.194 e. The van der Waals surface area contributed by atoms with Crippen molar-refractivity contribution in [3.8, 4) is 0 Å². The molecule has 0 spiro atoms. The predicted molar refractivity (Wildman–Crippen MR) is 54.0 cm³/mol. The van der Waals surface area contributed by atoms with E-state index in [2.05, 4.69) is 25.8 Å². The van der Waals surface area contributed by atoms with Crippen molar-refractivity contribution < 1.29 is 9.21 Å². The van der Waals surface area contributed by atoms with Crippen molar-refractivity contribution in [1.82, 2.24) is 4.98 Å². The SMILES string of the molecule is CC(=O)Cc1coc(CC(C)(C)C)n1. The van der Waals surface area contributed by atoms with Gasteiger partial charge in [0.1, 0.15) is 12.0 Å². The third-order valence-corrected chi connectivity index (χ3v) is 1.71. The van der Waals surface area contributed by atoms with Crippen LogP contribution in [0.4, 0.5) is 0 Å². The molecule has 0 radical (unpaired) electrons. The van der Waals surface area contributed by atoms with Gasteiger partial charge in [0, 0.05) is 6.42 Å². The van der Waals surface area contributed by atoms with Crippen molar-refractivity contribution >= 4 is 5.78 Å². The van der Waals surface area contributed by atoms with E-state index in [1.165, 1.54) is 0 Å². The van der Waals surface area contributed by atoms with E-state index in [0.29, 0.717) is 12.3 Å². The molecule has 0 saturated carbocycles. The number of ketones is 1. The quantitative estimate of drug-likeness (QED) is 0.743. The van der Waals surface area contributed by atoms with Gasteiger partial charge < -0.3 is 4.42 Å². The van der Waals surface area contributed by atoms with Gasteiger partial charge in [-0.3, -0.25) is 4.79 Å². The summed E-state index contributed by atoms with van der Waals surface area (Å²) in [4.78, 5) is 15.1. The Morgan fingerprint density at radius 1 is 1.50 bits per heavy atom. The highest BCUT2D eigenvalue weighted by Crippen LogP contribution is 2.20. The fraction of sp³-hybridized carbons (Fsp3) is 0.636. The molecule has 0 saturated heterocycles. The van der Waals surface area contributed by atoms with E-state index in [1.807, 2.05) is 0 Å². The fourth-order valence-electron chi connectivity index (χ4n) is 1.22. The molecule has 78 valence electrons. The molecule has 0 atom stereocenters. The molecule has 0 aliphatic rings. The molecule has 0 aliphatic heterocycles. The second kappa shape index (κ2) is 3.95. The minimum atomic E-state index is 0.112. The van der Waals surface area contributed by atoms with Crippen LogP contribution in [0.1, 0.15) is 39.3 Å². The first-order valence-electron chi connectivity index (χ1n) is 4.79. The topological polar surface area (TPSA) is 43.1 Å². The van der Waals surface area contributed by atoms with Gasteiger partial charge in [0.2, 0.25) is 0 Å². The second-order valence-electron chi connectivity index (χ2n) is 4.85. The first-order valence-corrected chi connectivity index (χ1v) is 4.79. The zero-order valence-corrected chi connectivity index (χ0v) is 9.26. The fourth-order valence-corrected chi connectivity index (χ4v) is 1.22. The Labute approximate surface area is 84.5 Å². The highest BCUT2D eigenvalue weighted by Gasteiger charge is 2.15. The average molecular weight is 195 g/mol. The number of rotatable bonds is 3. The van der Waals surface area contributed by atoms with E-state index in [0.717, 1.165) is 12.1 Å². The summed E-state index contributed by atoms with van der Waals surface area (Å²) in [6.07, 6.45) is 2.74.